The summed E-state index contributed by atoms with van der Waals surface area (Å²) in [6, 6.07) is 5.53. The van der Waals surface area contributed by atoms with Crippen LogP contribution in [0.15, 0.2) is 18.2 Å². The molecule has 1 aromatic rings. The fraction of sp³-hybridized carbons (Fsp3) is 0.308. The molecule has 0 saturated heterocycles. The van der Waals surface area contributed by atoms with Crippen LogP contribution in [0.4, 0.5) is 5.69 Å². The summed E-state index contributed by atoms with van der Waals surface area (Å²) < 4.78 is 1.06. The van der Waals surface area contributed by atoms with Crippen molar-refractivity contribution in [2.24, 2.45) is 0 Å². The summed E-state index contributed by atoms with van der Waals surface area (Å²) in [7, 11) is 0. The van der Waals surface area contributed by atoms with Gasteiger partial charge in [-0.05, 0) is 59.7 Å². The highest BCUT2D eigenvalue weighted by Gasteiger charge is 2.13. The molecular weight excluding hydrogens is 373 g/mol. The highest BCUT2D eigenvalue weighted by Crippen LogP contribution is 2.17. The predicted octanol–water partition coefficient (Wildman–Crippen LogP) is 0.790. The molecule has 0 saturated carbocycles. The topological polar surface area (TPSA) is 87.3 Å². The van der Waals surface area contributed by atoms with Gasteiger partial charge in [0.05, 0.1) is 0 Å². The summed E-state index contributed by atoms with van der Waals surface area (Å²) in [5.74, 6) is -1.38. The van der Waals surface area contributed by atoms with E-state index in [9.17, 15) is 14.4 Å². The van der Waals surface area contributed by atoms with Crippen molar-refractivity contribution in [1.29, 1.82) is 0 Å². The lowest BCUT2D eigenvalue weighted by Crippen LogP contribution is -2.36. The van der Waals surface area contributed by atoms with Crippen molar-refractivity contribution in [2.75, 3.05) is 18.4 Å². The van der Waals surface area contributed by atoms with Gasteiger partial charge in [0.15, 0.2) is 0 Å². The fourth-order valence-corrected chi connectivity index (χ4v) is 2.12. The normalized spacial score (nSPS) is 9.70. The third-order valence-corrected chi connectivity index (χ3v) is 3.18. The Morgan fingerprint density at radius 3 is 2.65 bits per heavy atom. The van der Waals surface area contributed by atoms with E-state index in [-0.39, 0.29) is 0 Å². The van der Waals surface area contributed by atoms with E-state index >= 15 is 0 Å². The number of hydrogen-bond donors (Lipinski definition) is 3. The van der Waals surface area contributed by atoms with Gasteiger partial charge in [-0.3, -0.25) is 14.4 Å². The van der Waals surface area contributed by atoms with Gasteiger partial charge in [0.25, 0.3) is 0 Å². The first-order valence-electron chi connectivity index (χ1n) is 6.07. The van der Waals surface area contributed by atoms with Gasteiger partial charge < -0.3 is 16.0 Å². The van der Waals surface area contributed by atoms with E-state index < -0.39 is 11.8 Å². The van der Waals surface area contributed by atoms with Crippen LogP contribution in [0.5, 0.6) is 0 Å². The van der Waals surface area contributed by atoms with Crippen molar-refractivity contribution >= 4 is 46.5 Å². The number of benzene rings is 1. The van der Waals surface area contributed by atoms with Gasteiger partial charge in [-0.1, -0.05) is 0 Å². The van der Waals surface area contributed by atoms with Gasteiger partial charge in [0.2, 0.25) is 6.41 Å². The number of aryl methyl sites for hydroxylation is 1. The Morgan fingerprint density at radius 1 is 1.25 bits per heavy atom. The maximum absolute atomic E-state index is 11.7. The number of nitrogens with one attached hydrogen (secondary N) is 3. The maximum atomic E-state index is 11.7. The van der Waals surface area contributed by atoms with Gasteiger partial charge in [0.1, 0.15) is 0 Å². The molecule has 3 N–H and O–H groups in total. The van der Waals surface area contributed by atoms with Gasteiger partial charge >= 0.3 is 11.8 Å². The summed E-state index contributed by atoms with van der Waals surface area (Å²) in [5.41, 5.74) is 1.52. The first-order valence-corrected chi connectivity index (χ1v) is 7.15. The second kappa shape index (κ2) is 8.51. The third kappa shape index (κ3) is 5.55. The minimum absolute atomic E-state index is 0.332. The van der Waals surface area contributed by atoms with E-state index in [0.29, 0.717) is 31.6 Å². The van der Waals surface area contributed by atoms with Gasteiger partial charge in [-0.2, -0.15) is 0 Å². The van der Waals surface area contributed by atoms with Crippen LogP contribution < -0.4 is 16.0 Å². The van der Waals surface area contributed by atoms with E-state index in [1.54, 1.807) is 6.07 Å². The molecule has 0 radical (unpaired) electrons. The molecule has 0 atom stereocenters. The SMILES string of the molecule is Cc1cc(I)ccc1NC(=O)C(=O)NCCCNC=O. The summed E-state index contributed by atoms with van der Waals surface area (Å²) in [6.07, 6.45) is 1.16. The summed E-state index contributed by atoms with van der Waals surface area (Å²) in [6.45, 7) is 2.65. The largest absolute Gasteiger partial charge is 0.359 e. The Bertz CT molecular complexity index is 506. The second-order valence-electron chi connectivity index (χ2n) is 4.09. The lowest BCUT2D eigenvalue weighted by molar-refractivity contribution is -0.136. The molecule has 0 fully saturated rings. The number of rotatable bonds is 6. The molecule has 0 bridgehead atoms. The van der Waals surface area contributed by atoms with Crippen molar-refractivity contribution < 1.29 is 14.4 Å². The summed E-state index contributed by atoms with van der Waals surface area (Å²) in [4.78, 5) is 33.2. The molecule has 1 rings (SSSR count). The molecular formula is C13H16IN3O3. The minimum Gasteiger partial charge on any atom is -0.359 e. The van der Waals surface area contributed by atoms with E-state index in [1.807, 2.05) is 19.1 Å². The van der Waals surface area contributed by atoms with Crippen LogP contribution in [-0.2, 0) is 14.4 Å². The third-order valence-electron chi connectivity index (χ3n) is 2.51. The number of carbonyl (C=O) groups is 3. The quantitative estimate of drug-likeness (QED) is 0.291. The molecule has 3 amide bonds. The maximum Gasteiger partial charge on any atom is 0.313 e. The van der Waals surface area contributed by atoms with Crippen LogP contribution in [0, 0.1) is 10.5 Å². The number of halogens is 1. The number of amides is 3. The van der Waals surface area contributed by atoms with Crippen LogP contribution in [0.25, 0.3) is 0 Å². The Balaban J connectivity index is 2.41. The number of hydrogen-bond acceptors (Lipinski definition) is 3. The highest BCUT2D eigenvalue weighted by atomic mass is 127. The van der Waals surface area contributed by atoms with E-state index in [2.05, 4.69) is 38.5 Å². The highest BCUT2D eigenvalue weighted by molar-refractivity contribution is 14.1. The van der Waals surface area contributed by atoms with Crippen LogP contribution in [0.2, 0.25) is 0 Å². The molecule has 7 heteroatoms. The zero-order valence-electron chi connectivity index (χ0n) is 11.0. The summed E-state index contributed by atoms with van der Waals surface area (Å²) in [5, 5.41) is 7.52. The van der Waals surface area contributed by atoms with Crippen molar-refractivity contribution in [3.63, 3.8) is 0 Å². The first-order chi connectivity index (χ1) is 9.54. The average Bonchev–Trinajstić information content (AvgIpc) is 2.41. The molecule has 20 heavy (non-hydrogen) atoms. The fourth-order valence-electron chi connectivity index (χ4n) is 1.48. The second-order valence-corrected chi connectivity index (χ2v) is 5.34. The molecule has 0 aromatic heterocycles. The Hall–Kier alpha value is -1.64. The van der Waals surface area contributed by atoms with Gasteiger partial charge in [0, 0.05) is 22.3 Å². The monoisotopic (exact) mass is 389 g/mol. The standard InChI is InChI=1S/C13H16IN3O3/c1-9-7-10(14)3-4-11(9)17-13(20)12(19)16-6-2-5-15-8-18/h3-4,7-8H,2,5-6H2,1H3,(H,15,18)(H,16,19)(H,17,20). The van der Waals surface area contributed by atoms with Crippen LogP contribution in [0.3, 0.4) is 0 Å². The lowest BCUT2D eigenvalue weighted by atomic mass is 10.2. The summed E-state index contributed by atoms with van der Waals surface area (Å²) >= 11 is 2.18. The van der Waals surface area contributed by atoms with Crippen LogP contribution in [-0.4, -0.2) is 31.3 Å². The van der Waals surface area contributed by atoms with E-state index in [1.165, 1.54) is 0 Å². The van der Waals surface area contributed by atoms with Crippen molar-refractivity contribution in [1.82, 2.24) is 10.6 Å². The lowest BCUT2D eigenvalue weighted by Gasteiger charge is -2.09. The molecule has 0 heterocycles. The molecule has 0 spiro atoms. The van der Waals surface area contributed by atoms with Crippen molar-refractivity contribution in [2.45, 2.75) is 13.3 Å². The molecule has 0 aliphatic rings. The molecule has 1 aromatic carbocycles. The minimum atomic E-state index is -0.697. The number of anilines is 1. The van der Waals surface area contributed by atoms with Gasteiger partial charge in [-0.25, -0.2) is 0 Å². The smallest absolute Gasteiger partial charge is 0.313 e. The zero-order valence-corrected chi connectivity index (χ0v) is 13.2. The first kappa shape index (κ1) is 16.4. The van der Waals surface area contributed by atoms with Gasteiger partial charge in [-0.15, -0.1) is 0 Å². The number of carbonyl (C=O) groups excluding carboxylic acids is 3. The van der Waals surface area contributed by atoms with Crippen molar-refractivity contribution in [3.05, 3.63) is 27.3 Å². The van der Waals surface area contributed by atoms with E-state index in [4.69, 9.17) is 0 Å². The Labute approximate surface area is 130 Å². The zero-order chi connectivity index (χ0) is 15.0. The predicted molar refractivity (Wildman–Crippen MR) is 84.2 cm³/mol. The van der Waals surface area contributed by atoms with E-state index in [0.717, 1.165) is 9.13 Å². The molecule has 0 aliphatic carbocycles. The molecule has 6 nitrogen and oxygen atoms in total. The van der Waals surface area contributed by atoms with Crippen LogP contribution in [0.1, 0.15) is 12.0 Å². The molecule has 108 valence electrons. The Morgan fingerprint density at radius 2 is 2.00 bits per heavy atom. The molecule has 0 aliphatic heterocycles. The van der Waals surface area contributed by atoms with Crippen molar-refractivity contribution in [3.8, 4) is 0 Å². The molecule has 0 unspecified atom stereocenters. The Kier molecular flexibility index (Phi) is 6.99. The average molecular weight is 389 g/mol. The van der Waals surface area contributed by atoms with Crippen LogP contribution >= 0.6 is 22.6 Å².